The minimum absolute atomic E-state index is 0.149. The van der Waals surface area contributed by atoms with Crippen molar-refractivity contribution in [1.82, 2.24) is 9.55 Å². The van der Waals surface area contributed by atoms with Gasteiger partial charge in [-0.05, 0) is 55.5 Å². The maximum atomic E-state index is 12.8. The first-order chi connectivity index (χ1) is 15.5. The van der Waals surface area contributed by atoms with Crippen LogP contribution in [-0.4, -0.2) is 28.5 Å². The number of benzene rings is 3. The molecule has 6 nitrogen and oxygen atoms in total. The molecule has 0 radical (unpaired) electrons. The van der Waals surface area contributed by atoms with E-state index in [4.69, 9.17) is 4.74 Å². The van der Waals surface area contributed by atoms with Crippen LogP contribution >= 0.6 is 0 Å². The predicted molar refractivity (Wildman–Crippen MR) is 123 cm³/mol. The van der Waals surface area contributed by atoms with E-state index in [9.17, 15) is 9.59 Å². The van der Waals surface area contributed by atoms with Crippen LogP contribution in [0.2, 0.25) is 0 Å². The Labute approximate surface area is 185 Å². The summed E-state index contributed by atoms with van der Waals surface area (Å²) < 4.78 is 6.59. The normalized spacial score (nSPS) is 11.3. The number of amides is 1. The van der Waals surface area contributed by atoms with Gasteiger partial charge in [-0.3, -0.25) is 4.79 Å². The minimum atomic E-state index is -0.432. The molecule has 4 rings (SSSR count). The lowest BCUT2D eigenvalue weighted by atomic mass is 10.1. The largest absolute Gasteiger partial charge is 0.465 e. The van der Waals surface area contributed by atoms with E-state index in [1.165, 1.54) is 7.11 Å². The van der Waals surface area contributed by atoms with Crippen LogP contribution < -0.4 is 5.32 Å². The molecule has 1 amide bonds. The van der Waals surface area contributed by atoms with Crippen LogP contribution in [0.25, 0.3) is 11.0 Å². The molecule has 1 heterocycles. The van der Waals surface area contributed by atoms with Gasteiger partial charge in [0, 0.05) is 16.8 Å². The van der Waals surface area contributed by atoms with Gasteiger partial charge >= 0.3 is 5.97 Å². The van der Waals surface area contributed by atoms with Crippen LogP contribution in [0.3, 0.4) is 0 Å². The number of aromatic nitrogens is 2. The van der Waals surface area contributed by atoms with Crippen molar-refractivity contribution in [2.75, 3.05) is 12.4 Å². The number of hydrogen-bond donors (Lipinski definition) is 1. The third kappa shape index (κ3) is 4.52. The zero-order chi connectivity index (χ0) is 22.5. The fraction of sp³-hybridized carbons (Fsp3) is 0.115. The fourth-order valence-corrected chi connectivity index (χ4v) is 3.32. The number of hydrogen-bond acceptors (Lipinski definition) is 4. The van der Waals surface area contributed by atoms with Crippen molar-refractivity contribution in [1.29, 1.82) is 0 Å². The lowest BCUT2D eigenvalue weighted by Gasteiger charge is -2.14. The highest BCUT2D eigenvalue weighted by molar-refractivity contribution is 5.94. The Morgan fingerprint density at radius 1 is 0.969 bits per heavy atom. The van der Waals surface area contributed by atoms with E-state index in [0.717, 1.165) is 16.6 Å². The number of nitrogens with one attached hydrogen (secondary N) is 1. The first kappa shape index (κ1) is 20.9. The number of ether oxygens (including phenoxy) is 1. The highest BCUT2D eigenvalue weighted by Gasteiger charge is 2.17. The molecule has 0 aliphatic rings. The third-order valence-corrected chi connectivity index (χ3v) is 5.04. The number of nitrogens with zero attached hydrogens (tertiary/aromatic N) is 2. The monoisotopic (exact) mass is 423 g/mol. The molecule has 32 heavy (non-hydrogen) atoms. The Balaban J connectivity index is 1.50. The van der Waals surface area contributed by atoms with Crippen molar-refractivity contribution in [2.24, 2.45) is 0 Å². The molecule has 0 spiro atoms. The summed E-state index contributed by atoms with van der Waals surface area (Å²) in [6.07, 6.45) is 1.68. The summed E-state index contributed by atoms with van der Waals surface area (Å²) in [5, 5.41) is 2.95. The molecule has 0 aliphatic heterocycles. The van der Waals surface area contributed by atoms with Crippen LogP contribution in [-0.2, 0) is 9.53 Å². The maximum absolute atomic E-state index is 12.8. The van der Waals surface area contributed by atoms with Crippen molar-refractivity contribution in [3.8, 4) is 11.8 Å². The van der Waals surface area contributed by atoms with E-state index in [1.54, 1.807) is 24.5 Å². The zero-order valence-electron chi connectivity index (χ0n) is 17.7. The Kier molecular flexibility index (Phi) is 6.00. The number of carbonyl (C=O) groups excluding carboxylic acids is 2. The van der Waals surface area contributed by atoms with Gasteiger partial charge in [0.05, 0.1) is 30.0 Å². The number of imidazole rings is 1. The van der Waals surface area contributed by atoms with E-state index in [-0.39, 0.29) is 5.91 Å². The molecule has 3 aromatic carbocycles. The first-order valence-electron chi connectivity index (χ1n) is 10.1. The van der Waals surface area contributed by atoms with Gasteiger partial charge in [-0.1, -0.05) is 36.1 Å². The van der Waals surface area contributed by atoms with Crippen molar-refractivity contribution in [3.63, 3.8) is 0 Å². The Morgan fingerprint density at radius 3 is 2.47 bits per heavy atom. The highest BCUT2D eigenvalue weighted by Crippen LogP contribution is 2.19. The number of esters is 1. The number of rotatable bonds is 4. The summed E-state index contributed by atoms with van der Waals surface area (Å²) >= 11 is 0. The Bertz CT molecular complexity index is 1360. The molecular formula is C26H21N3O3. The number of anilines is 1. The van der Waals surface area contributed by atoms with Crippen LogP contribution in [0.1, 0.15) is 34.5 Å². The zero-order valence-corrected chi connectivity index (χ0v) is 17.7. The third-order valence-electron chi connectivity index (χ3n) is 5.04. The molecule has 0 saturated carbocycles. The molecule has 1 N–H and O–H groups in total. The average Bonchev–Trinajstić information content (AvgIpc) is 3.26. The molecular weight excluding hydrogens is 402 g/mol. The van der Waals surface area contributed by atoms with Gasteiger partial charge < -0.3 is 14.6 Å². The van der Waals surface area contributed by atoms with Gasteiger partial charge in [0.25, 0.3) is 0 Å². The second kappa shape index (κ2) is 9.19. The van der Waals surface area contributed by atoms with Gasteiger partial charge in [-0.25, -0.2) is 9.78 Å². The van der Waals surface area contributed by atoms with Gasteiger partial charge in [-0.15, -0.1) is 0 Å². The molecule has 0 saturated heterocycles. The second-order valence-electron chi connectivity index (χ2n) is 7.21. The van der Waals surface area contributed by atoms with Crippen LogP contribution in [0, 0.1) is 11.8 Å². The van der Waals surface area contributed by atoms with Crippen LogP contribution in [0.15, 0.2) is 79.1 Å². The van der Waals surface area contributed by atoms with Crippen molar-refractivity contribution in [2.45, 2.75) is 13.0 Å². The Hall–Kier alpha value is -4.37. The van der Waals surface area contributed by atoms with Gasteiger partial charge in [0.1, 0.15) is 6.04 Å². The molecule has 1 unspecified atom stereocenters. The molecule has 6 heteroatoms. The van der Waals surface area contributed by atoms with Gasteiger partial charge in [0.2, 0.25) is 5.91 Å². The summed E-state index contributed by atoms with van der Waals surface area (Å²) in [6.45, 7) is 1.83. The van der Waals surface area contributed by atoms with E-state index in [1.807, 2.05) is 66.1 Å². The fourth-order valence-electron chi connectivity index (χ4n) is 3.32. The van der Waals surface area contributed by atoms with Crippen molar-refractivity contribution >= 4 is 28.6 Å². The van der Waals surface area contributed by atoms with Crippen molar-refractivity contribution < 1.29 is 14.3 Å². The molecule has 1 atom stereocenters. The quantitative estimate of drug-likeness (QED) is 0.390. The van der Waals surface area contributed by atoms with Gasteiger partial charge in [-0.2, -0.15) is 0 Å². The molecule has 0 fully saturated rings. The maximum Gasteiger partial charge on any atom is 0.337 e. The topological polar surface area (TPSA) is 73.2 Å². The van der Waals surface area contributed by atoms with Gasteiger partial charge in [0.15, 0.2) is 0 Å². The lowest BCUT2D eigenvalue weighted by molar-refractivity contribution is -0.118. The van der Waals surface area contributed by atoms with E-state index >= 15 is 0 Å². The molecule has 4 aromatic rings. The highest BCUT2D eigenvalue weighted by atomic mass is 16.5. The summed E-state index contributed by atoms with van der Waals surface area (Å²) in [6, 6.07) is 21.5. The summed E-state index contributed by atoms with van der Waals surface area (Å²) in [5.74, 6) is 5.56. The second-order valence-corrected chi connectivity index (χ2v) is 7.21. The average molecular weight is 423 g/mol. The number of fused-ring (bicyclic) bond motifs is 1. The molecule has 0 aliphatic carbocycles. The SMILES string of the molecule is COC(=O)c1cccc(C#Cc2cccc(NC(=O)C(C)n3cnc4ccccc43)c2)c1. The molecule has 1 aromatic heterocycles. The van der Waals surface area contributed by atoms with E-state index < -0.39 is 12.0 Å². The summed E-state index contributed by atoms with van der Waals surface area (Å²) in [4.78, 5) is 28.9. The minimum Gasteiger partial charge on any atom is -0.465 e. The number of carbonyl (C=O) groups is 2. The Morgan fingerprint density at radius 2 is 1.69 bits per heavy atom. The summed E-state index contributed by atoms with van der Waals surface area (Å²) in [7, 11) is 1.34. The van der Waals surface area contributed by atoms with E-state index in [2.05, 4.69) is 22.1 Å². The van der Waals surface area contributed by atoms with Crippen LogP contribution in [0.4, 0.5) is 5.69 Å². The smallest absolute Gasteiger partial charge is 0.337 e. The number of methoxy groups -OCH3 is 1. The lowest BCUT2D eigenvalue weighted by Crippen LogP contribution is -2.23. The predicted octanol–water partition coefficient (Wildman–Crippen LogP) is 4.42. The standard InChI is InChI=1S/C26H21N3O3/c1-18(29-17-27-23-11-3-4-12-24(23)29)25(30)28-22-10-6-8-20(16-22)14-13-19-7-5-9-21(15-19)26(31)32-2/h3-12,15-18H,1-2H3,(H,28,30). The molecule has 0 bridgehead atoms. The van der Waals surface area contributed by atoms with Crippen LogP contribution in [0.5, 0.6) is 0 Å². The van der Waals surface area contributed by atoms with E-state index in [0.29, 0.717) is 16.8 Å². The molecule has 158 valence electrons. The van der Waals surface area contributed by atoms with Crippen molar-refractivity contribution in [3.05, 3.63) is 95.8 Å². The number of para-hydroxylation sites is 2. The first-order valence-corrected chi connectivity index (χ1v) is 10.1. The summed E-state index contributed by atoms with van der Waals surface area (Å²) in [5.41, 5.74) is 4.29.